The summed E-state index contributed by atoms with van der Waals surface area (Å²) in [4.78, 5) is 10.9. The Balaban J connectivity index is 2.04. The number of rotatable bonds is 6. The van der Waals surface area contributed by atoms with Gasteiger partial charge in [0.05, 0.1) is 7.11 Å². The maximum absolute atomic E-state index is 10.9. The van der Waals surface area contributed by atoms with Crippen LogP contribution in [0.5, 0.6) is 17.2 Å². The number of aromatic hydroxyl groups is 1. The Morgan fingerprint density at radius 1 is 1.14 bits per heavy atom. The Hall–Kier alpha value is -2.95. The number of carbonyl (C=O) groups is 1. The number of para-hydroxylation sites is 2. The molecule has 2 aromatic carbocycles. The number of hydrogen-bond donors (Lipinski definition) is 2. The van der Waals surface area contributed by atoms with Gasteiger partial charge in [-0.25, -0.2) is 4.79 Å². The first kappa shape index (κ1) is 15.4. The highest BCUT2D eigenvalue weighted by Crippen LogP contribution is 2.29. The average Bonchev–Trinajstić information content (AvgIpc) is 2.53. The lowest BCUT2D eigenvalue weighted by Gasteiger charge is -2.08. The molecule has 0 aromatic heterocycles. The number of carboxylic acids is 1. The monoisotopic (exact) mass is 300 g/mol. The SMILES string of the molecule is COc1ccccc1/C=C/COc1cccc(C(=O)O)c1O. The zero-order valence-corrected chi connectivity index (χ0v) is 12.0. The second-order valence-corrected chi connectivity index (χ2v) is 4.41. The van der Waals surface area contributed by atoms with E-state index in [9.17, 15) is 9.90 Å². The molecule has 0 fully saturated rings. The lowest BCUT2D eigenvalue weighted by Crippen LogP contribution is -2.00. The van der Waals surface area contributed by atoms with Gasteiger partial charge in [0.1, 0.15) is 17.9 Å². The summed E-state index contributed by atoms with van der Waals surface area (Å²) >= 11 is 0. The van der Waals surface area contributed by atoms with E-state index in [-0.39, 0.29) is 23.7 Å². The molecule has 0 spiro atoms. The molecule has 0 amide bonds. The van der Waals surface area contributed by atoms with E-state index in [0.29, 0.717) is 0 Å². The Bertz CT molecular complexity index is 691. The first-order chi connectivity index (χ1) is 10.6. The van der Waals surface area contributed by atoms with Gasteiger partial charge < -0.3 is 19.7 Å². The third-order valence-electron chi connectivity index (χ3n) is 3.00. The number of benzene rings is 2. The van der Waals surface area contributed by atoms with E-state index in [1.807, 2.05) is 30.3 Å². The highest BCUT2D eigenvalue weighted by molar-refractivity contribution is 5.91. The predicted octanol–water partition coefficient (Wildman–Crippen LogP) is 3.19. The molecule has 2 rings (SSSR count). The van der Waals surface area contributed by atoms with E-state index < -0.39 is 5.97 Å². The van der Waals surface area contributed by atoms with Crippen molar-refractivity contribution in [1.29, 1.82) is 0 Å². The molecule has 0 saturated carbocycles. The topological polar surface area (TPSA) is 76.0 Å². The van der Waals surface area contributed by atoms with Gasteiger partial charge in [-0.1, -0.05) is 30.3 Å². The summed E-state index contributed by atoms with van der Waals surface area (Å²) in [5, 5.41) is 18.7. The maximum atomic E-state index is 10.9. The highest BCUT2D eigenvalue weighted by Gasteiger charge is 2.13. The normalized spacial score (nSPS) is 10.6. The number of phenols is 1. The van der Waals surface area contributed by atoms with Gasteiger partial charge in [0.15, 0.2) is 11.5 Å². The molecule has 0 radical (unpaired) electrons. The summed E-state index contributed by atoms with van der Waals surface area (Å²) in [5.41, 5.74) is 0.711. The summed E-state index contributed by atoms with van der Waals surface area (Å²) < 4.78 is 10.6. The number of aromatic carboxylic acids is 1. The van der Waals surface area contributed by atoms with Crippen molar-refractivity contribution < 1.29 is 24.5 Å². The van der Waals surface area contributed by atoms with Crippen molar-refractivity contribution in [3.05, 3.63) is 59.7 Å². The van der Waals surface area contributed by atoms with Crippen LogP contribution in [-0.2, 0) is 0 Å². The van der Waals surface area contributed by atoms with Crippen LogP contribution in [-0.4, -0.2) is 29.9 Å². The van der Waals surface area contributed by atoms with Crippen LogP contribution >= 0.6 is 0 Å². The fourth-order valence-corrected chi connectivity index (χ4v) is 1.93. The van der Waals surface area contributed by atoms with Crippen molar-refractivity contribution >= 4 is 12.0 Å². The van der Waals surface area contributed by atoms with E-state index in [1.165, 1.54) is 18.2 Å². The Morgan fingerprint density at radius 2 is 1.86 bits per heavy atom. The fraction of sp³-hybridized carbons (Fsp3) is 0.118. The largest absolute Gasteiger partial charge is 0.504 e. The Labute approximate surface area is 128 Å². The molecule has 2 aromatic rings. The molecule has 22 heavy (non-hydrogen) atoms. The third kappa shape index (κ3) is 3.58. The molecular formula is C17H16O5. The van der Waals surface area contributed by atoms with Crippen molar-refractivity contribution in [2.24, 2.45) is 0 Å². The average molecular weight is 300 g/mol. The quantitative estimate of drug-likeness (QED) is 0.857. The number of carboxylic acid groups (broad SMARTS) is 1. The van der Waals surface area contributed by atoms with Crippen LogP contribution in [0, 0.1) is 0 Å². The van der Waals surface area contributed by atoms with Crippen LogP contribution in [0.2, 0.25) is 0 Å². The van der Waals surface area contributed by atoms with Gasteiger partial charge in [-0.15, -0.1) is 0 Å². The molecule has 0 aliphatic rings. The van der Waals surface area contributed by atoms with Crippen LogP contribution in [0.15, 0.2) is 48.5 Å². The van der Waals surface area contributed by atoms with E-state index >= 15 is 0 Å². The van der Waals surface area contributed by atoms with Gasteiger partial charge in [0, 0.05) is 5.56 Å². The predicted molar refractivity (Wildman–Crippen MR) is 82.6 cm³/mol. The van der Waals surface area contributed by atoms with Gasteiger partial charge in [0.25, 0.3) is 0 Å². The second-order valence-electron chi connectivity index (χ2n) is 4.41. The molecule has 114 valence electrons. The molecule has 0 heterocycles. The first-order valence-corrected chi connectivity index (χ1v) is 6.61. The summed E-state index contributed by atoms with van der Waals surface area (Å²) in [7, 11) is 1.60. The molecule has 0 bridgehead atoms. The van der Waals surface area contributed by atoms with Gasteiger partial charge >= 0.3 is 5.97 Å². The number of hydrogen-bond acceptors (Lipinski definition) is 4. The molecule has 2 N–H and O–H groups in total. The molecular weight excluding hydrogens is 284 g/mol. The molecule has 0 saturated heterocycles. The standard InChI is InChI=1S/C17H16O5/c1-21-14-9-3-2-6-12(14)7-5-11-22-15-10-4-8-13(16(15)18)17(19)20/h2-10,18H,11H2,1H3,(H,19,20)/b7-5+. The smallest absolute Gasteiger partial charge is 0.339 e. The summed E-state index contributed by atoms with van der Waals surface area (Å²) in [6.45, 7) is 0.189. The second kappa shape index (κ2) is 7.17. The van der Waals surface area contributed by atoms with E-state index in [2.05, 4.69) is 0 Å². The molecule has 0 aliphatic heterocycles. The van der Waals surface area contributed by atoms with Crippen LogP contribution in [0.4, 0.5) is 0 Å². The Morgan fingerprint density at radius 3 is 2.59 bits per heavy atom. The van der Waals surface area contributed by atoms with Crippen molar-refractivity contribution in [3.8, 4) is 17.2 Å². The summed E-state index contributed by atoms with van der Waals surface area (Å²) in [6.07, 6.45) is 3.58. The van der Waals surface area contributed by atoms with Crippen LogP contribution in [0.3, 0.4) is 0 Å². The highest BCUT2D eigenvalue weighted by atomic mass is 16.5. The Kier molecular flexibility index (Phi) is 5.03. The van der Waals surface area contributed by atoms with Crippen molar-refractivity contribution in [3.63, 3.8) is 0 Å². The van der Waals surface area contributed by atoms with E-state index in [4.69, 9.17) is 14.6 Å². The van der Waals surface area contributed by atoms with Crippen LogP contribution in [0.1, 0.15) is 15.9 Å². The zero-order chi connectivity index (χ0) is 15.9. The summed E-state index contributed by atoms with van der Waals surface area (Å²) in [6, 6.07) is 11.9. The maximum Gasteiger partial charge on any atom is 0.339 e. The van der Waals surface area contributed by atoms with Crippen LogP contribution < -0.4 is 9.47 Å². The molecule has 5 heteroatoms. The van der Waals surface area contributed by atoms with Crippen molar-refractivity contribution in [2.45, 2.75) is 0 Å². The minimum atomic E-state index is -1.20. The van der Waals surface area contributed by atoms with Gasteiger partial charge in [0.2, 0.25) is 0 Å². The van der Waals surface area contributed by atoms with Gasteiger partial charge in [-0.3, -0.25) is 0 Å². The zero-order valence-electron chi connectivity index (χ0n) is 12.0. The number of ether oxygens (including phenoxy) is 2. The lowest BCUT2D eigenvalue weighted by atomic mass is 10.2. The molecule has 0 unspecified atom stereocenters. The fourth-order valence-electron chi connectivity index (χ4n) is 1.93. The minimum absolute atomic E-state index is 0.129. The first-order valence-electron chi connectivity index (χ1n) is 6.61. The summed E-state index contributed by atoms with van der Waals surface area (Å²) in [5.74, 6) is -0.702. The van der Waals surface area contributed by atoms with Crippen molar-refractivity contribution in [2.75, 3.05) is 13.7 Å². The number of methoxy groups -OCH3 is 1. The van der Waals surface area contributed by atoms with E-state index in [0.717, 1.165) is 11.3 Å². The molecule has 0 aliphatic carbocycles. The van der Waals surface area contributed by atoms with E-state index in [1.54, 1.807) is 13.2 Å². The minimum Gasteiger partial charge on any atom is -0.504 e. The van der Waals surface area contributed by atoms with Gasteiger partial charge in [-0.2, -0.15) is 0 Å². The molecule has 5 nitrogen and oxygen atoms in total. The lowest BCUT2D eigenvalue weighted by molar-refractivity contribution is 0.0693. The third-order valence-corrected chi connectivity index (χ3v) is 3.00. The molecule has 0 atom stereocenters. The van der Waals surface area contributed by atoms with Crippen molar-refractivity contribution in [1.82, 2.24) is 0 Å². The van der Waals surface area contributed by atoms with Crippen LogP contribution in [0.25, 0.3) is 6.08 Å². The van der Waals surface area contributed by atoms with Gasteiger partial charge in [-0.05, 0) is 24.3 Å².